The third-order valence-corrected chi connectivity index (χ3v) is 3.73. The van der Waals surface area contributed by atoms with Gasteiger partial charge < -0.3 is 19.7 Å². The van der Waals surface area contributed by atoms with Gasteiger partial charge in [0.15, 0.2) is 0 Å². The van der Waals surface area contributed by atoms with E-state index >= 15 is 0 Å². The third kappa shape index (κ3) is 8.39. The molecule has 27 heavy (non-hydrogen) atoms. The number of amides is 1. The fourth-order valence-corrected chi connectivity index (χ4v) is 2.18. The molecule has 0 unspecified atom stereocenters. The highest BCUT2D eigenvalue weighted by Crippen LogP contribution is 2.16. The van der Waals surface area contributed by atoms with Gasteiger partial charge in [0.05, 0.1) is 25.3 Å². The lowest BCUT2D eigenvalue weighted by molar-refractivity contribution is -0.120. The van der Waals surface area contributed by atoms with Crippen molar-refractivity contribution in [2.75, 3.05) is 27.4 Å². The summed E-state index contributed by atoms with van der Waals surface area (Å²) in [6.07, 6.45) is 0.251. The number of likely N-dealkylation sites (N-methyl/N-ethyl adjacent to an activating group) is 1. The molecule has 1 aromatic heterocycles. The van der Waals surface area contributed by atoms with Crippen molar-refractivity contribution >= 4 is 23.3 Å². The van der Waals surface area contributed by atoms with Crippen LogP contribution in [-0.4, -0.2) is 48.7 Å². The third-order valence-electron chi connectivity index (χ3n) is 3.48. The lowest BCUT2D eigenvalue weighted by Crippen LogP contribution is -2.21. The quantitative estimate of drug-likeness (QED) is 0.736. The van der Waals surface area contributed by atoms with E-state index in [0.717, 1.165) is 5.69 Å². The van der Waals surface area contributed by atoms with Crippen LogP contribution in [0.25, 0.3) is 0 Å². The van der Waals surface area contributed by atoms with Gasteiger partial charge in [-0.25, -0.2) is 0 Å². The first kappa shape index (κ1) is 24.8. The summed E-state index contributed by atoms with van der Waals surface area (Å²) in [6, 6.07) is 10.3. The molecule has 6 nitrogen and oxygen atoms in total. The summed E-state index contributed by atoms with van der Waals surface area (Å²) in [7, 11) is 4.92. The number of aliphatic hydroxyl groups excluding tert-OH is 1. The van der Waals surface area contributed by atoms with Gasteiger partial charge >= 0.3 is 0 Å². The maximum atomic E-state index is 12.4. The van der Waals surface area contributed by atoms with Gasteiger partial charge in [-0.15, -0.1) is 0 Å². The van der Waals surface area contributed by atoms with Crippen molar-refractivity contribution in [2.24, 2.45) is 7.05 Å². The summed E-state index contributed by atoms with van der Waals surface area (Å²) in [4.78, 5) is 23.8. The molecular formula is C20H29ClN2O4. The molecule has 0 spiro atoms. The number of methoxy groups -OCH3 is 1. The fourth-order valence-electron chi connectivity index (χ4n) is 2.05. The number of carbonyl (C=O) groups is 2. The molecule has 0 bridgehead atoms. The molecule has 2 rings (SSSR count). The molecule has 1 aromatic carbocycles. The smallest absolute Gasteiger partial charge is 0.225 e. The van der Waals surface area contributed by atoms with Crippen molar-refractivity contribution < 1.29 is 19.4 Å². The van der Waals surface area contributed by atoms with Crippen LogP contribution in [-0.2, 0) is 23.0 Å². The zero-order valence-electron chi connectivity index (χ0n) is 16.6. The summed E-state index contributed by atoms with van der Waals surface area (Å²) < 4.78 is 6.18. The number of aliphatic hydroxyl groups is 1. The van der Waals surface area contributed by atoms with Crippen molar-refractivity contribution in [3.8, 4) is 0 Å². The molecule has 1 heterocycles. The number of hydrogen-bond acceptors (Lipinski definition) is 4. The van der Waals surface area contributed by atoms with Gasteiger partial charge in [0.1, 0.15) is 0 Å². The second-order valence-corrected chi connectivity index (χ2v) is 5.61. The number of carbonyl (C=O) groups excluding carboxylic acids is 2. The molecule has 2 N–H and O–H groups in total. The van der Waals surface area contributed by atoms with Crippen LogP contribution in [0, 0.1) is 0 Å². The Morgan fingerprint density at radius 2 is 1.74 bits per heavy atom. The van der Waals surface area contributed by atoms with E-state index in [2.05, 4.69) is 10.1 Å². The maximum absolute atomic E-state index is 12.4. The number of halogens is 1. The van der Waals surface area contributed by atoms with E-state index in [1.165, 1.54) is 0 Å². The Kier molecular flexibility index (Phi) is 12.9. The van der Waals surface area contributed by atoms with Gasteiger partial charge in [-0.2, -0.15) is 0 Å². The first-order valence-electron chi connectivity index (χ1n) is 8.69. The Morgan fingerprint density at radius 3 is 2.19 bits per heavy atom. The van der Waals surface area contributed by atoms with E-state index in [-0.39, 0.29) is 24.7 Å². The van der Waals surface area contributed by atoms with E-state index < -0.39 is 0 Å². The molecule has 2 aromatic rings. The van der Waals surface area contributed by atoms with E-state index in [1.54, 1.807) is 62.2 Å². The average molecular weight is 397 g/mol. The Bertz CT molecular complexity index is 695. The lowest BCUT2D eigenvalue weighted by Gasteiger charge is -2.07. The highest BCUT2D eigenvalue weighted by molar-refractivity contribution is 6.30. The summed E-state index contributed by atoms with van der Waals surface area (Å²) in [5.74, 6) is -0.177. The fraction of sp³-hybridized carbons (Fsp3) is 0.400. The number of aromatic nitrogens is 1. The predicted molar refractivity (Wildman–Crippen MR) is 108 cm³/mol. The van der Waals surface area contributed by atoms with Crippen LogP contribution in [0.2, 0.25) is 5.02 Å². The molecule has 0 aliphatic rings. The standard InChI is InChI=1S/C15H15ClN2O2.C3H8O2.C2H6/c1-17-14(19)9-12-7-8-13(18(12)2)15(20)10-3-5-11(16)6-4-10;1-5-3-2-4;1-2/h3-8H,9H2,1-2H3,(H,17,19);4H,2-3H2,1H3;1-2H3. The van der Waals surface area contributed by atoms with Gasteiger partial charge in [-0.3, -0.25) is 9.59 Å². The van der Waals surface area contributed by atoms with Crippen LogP contribution in [0.3, 0.4) is 0 Å². The topological polar surface area (TPSA) is 80.6 Å². The van der Waals surface area contributed by atoms with Gasteiger partial charge in [0.2, 0.25) is 11.7 Å². The Balaban J connectivity index is 0.000000838. The molecule has 0 saturated heterocycles. The molecule has 7 heteroatoms. The van der Waals surface area contributed by atoms with Crippen LogP contribution in [0.15, 0.2) is 36.4 Å². The molecule has 0 aliphatic heterocycles. The van der Waals surface area contributed by atoms with Crippen LogP contribution >= 0.6 is 11.6 Å². The number of ether oxygens (including phenoxy) is 1. The minimum Gasteiger partial charge on any atom is -0.394 e. The van der Waals surface area contributed by atoms with Gasteiger partial charge in [0, 0.05) is 37.5 Å². The summed E-state index contributed by atoms with van der Waals surface area (Å²) in [5.41, 5.74) is 1.91. The van der Waals surface area contributed by atoms with Crippen molar-refractivity contribution in [3.63, 3.8) is 0 Å². The molecule has 0 saturated carbocycles. The van der Waals surface area contributed by atoms with Gasteiger partial charge in [0.25, 0.3) is 0 Å². The Morgan fingerprint density at radius 1 is 1.15 bits per heavy atom. The second-order valence-electron chi connectivity index (χ2n) is 5.17. The minimum atomic E-state index is -0.0904. The molecule has 1 amide bonds. The average Bonchev–Trinajstić information content (AvgIpc) is 3.05. The molecule has 0 radical (unpaired) electrons. The monoisotopic (exact) mass is 396 g/mol. The van der Waals surface area contributed by atoms with Crippen molar-refractivity contribution in [1.82, 2.24) is 9.88 Å². The number of nitrogens with one attached hydrogen (secondary N) is 1. The Labute approximate surface area is 166 Å². The number of ketones is 1. The maximum Gasteiger partial charge on any atom is 0.225 e. The van der Waals surface area contributed by atoms with E-state index in [0.29, 0.717) is 22.9 Å². The largest absolute Gasteiger partial charge is 0.394 e. The highest BCUT2D eigenvalue weighted by atomic mass is 35.5. The minimum absolute atomic E-state index is 0.0864. The SMILES string of the molecule is CC.CNC(=O)Cc1ccc(C(=O)c2ccc(Cl)cc2)n1C.COCCO. The first-order valence-corrected chi connectivity index (χ1v) is 9.07. The number of rotatable bonds is 6. The van der Waals surface area contributed by atoms with E-state index in [4.69, 9.17) is 16.7 Å². The van der Waals surface area contributed by atoms with Crippen LogP contribution in [0.1, 0.15) is 35.6 Å². The zero-order valence-corrected chi connectivity index (χ0v) is 17.3. The molecule has 0 aliphatic carbocycles. The van der Waals surface area contributed by atoms with Crippen LogP contribution in [0.5, 0.6) is 0 Å². The zero-order chi connectivity index (χ0) is 20.8. The normalized spacial score (nSPS) is 9.44. The summed E-state index contributed by atoms with van der Waals surface area (Å²) in [6.45, 7) is 4.57. The number of nitrogens with zero attached hydrogens (tertiary/aromatic N) is 1. The Hall–Kier alpha value is -2.15. The van der Waals surface area contributed by atoms with Crippen molar-refractivity contribution in [1.29, 1.82) is 0 Å². The van der Waals surface area contributed by atoms with Gasteiger partial charge in [-0.05, 0) is 36.4 Å². The second kappa shape index (κ2) is 14.0. The molecule has 0 fully saturated rings. The first-order chi connectivity index (χ1) is 12.9. The number of benzene rings is 1. The van der Waals surface area contributed by atoms with Crippen LogP contribution < -0.4 is 5.32 Å². The van der Waals surface area contributed by atoms with E-state index in [1.807, 2.05) is 13.8 Å². The molecule has 0 atom stereocenters. The summed E-state index contributed by atoms with van der Waals surface area (Å²) >= 11 is 5.81. The number of hydrogen-bond donors (Lipinski definition) is 2. The van der Waals surface area contributed by atoms with Crippen molar-refractivity contribution in [2.45, 2.75) is 20.3 Å². The van der Waals surface area contributed by atoms with Crippen LogP contribution in [0.4, 0.5) is 0 Å². The highest BCUT2D eigenvalue weighted by Gasteiger charge is 2.15. The predicted octanol–water partition coefficient (Wildman–Crippen LogP) is 2.85. The summed E-state index contributed by atoms with van der Waals surface area (Å²) in [5, 5.41) is 11.1. The van der Waals surface area contributed by atoms with Gasteiger partial charge in [-0.1, -0.05) is 25.4 Å². The van der Waals surface area contributed by atoms with Crippen molar-refractivity contribution in [3.05, 3.63) is 58.4 Å². The molecular weight excluding hydrogens is 368 g/mol. The van der Waals surface area contributed by atoms with E-state index in [9.17, 15) is 9.59 Å². The molecule has 150 valence electrons. The lowest BCUT2D eigenvalue weighted by atomic mass is 10.1.